The molecule has 1 N–H and O–H groups in total. The third-order valence-corrected chi connectivity index (χ3v) is 3.55. The number of likely N-dealkylation sites (N-methyl/N-ethyl adjacent to an activating group) is 1. The summed E-state index contributed by atoms with van der Waals surface area (Å²) in [5.74, 6) is 1.05. The maximum atomic E-state index is 5.15. The molecule has 0 saturated carbocycles. The van der Waals surface area contributed by atoms with E-state index >= 15 is 0 Å². The Morgan fingerprint density at radius 3 is 2.89 bits per heavy atom. The Bertz CT molecular complexity index is 458. The van der Waals surface area contributed by atoms with Crippen LogP contribution >= 0.6 is 12.2 Å². The molecule has 2 aliphatic rings. The van der Waals surface area contributed by atoms with Crippen LogP contribution in [0.4, 0.5) is 0 Å². The minimum atomic E-state index is 0.133. The van der Waals surface area contributed by atoms with Crippen LogP contribution in [0.15, 0.2) is 34.3 Å². The van der Waals surface area contributed by atoms with E-state index in [1.165, 1.54) is 0 Å². The van der Waals surface area contributed by atoms with Crippen LogP contribution < -0.4 is 5.32 Å². The van der Waals surface area contributed by atoms with Crippen molar-refractivity contribution in [3.63, 3.8) is 0 Å². The van der Waals surface area contributed by atoms with Crippen LogP contribution in [0, 0.1) is 5.92 Å². The van der Waals surface area contributed by atoms with Crippen molar-refractivity contribution in [2.75, 3.05) is 26.2 Å². The predicted molar refractivity (Wildman–Crippen MR) is 85.0 cm³/mol. The average Bonchev–Trinajstić information content (AvgIpc) is 2.43. The van der Waals surface area contributed by atoms with E-state index in [9.17, 15) is 0 Å². The minimum Gasteiger partial charge on any atom is -0.319 e. The van der Waals surface area contributed by atoms with E-state index in [-0.39, 0.29) is 5.92 Å². The standard InChI is InChI=1S/C14H20N4S/c1-3-18(4-2)10-9-15-13-11-7-5-6-8-12(11)16-14(19)17-13/h5-8,11H,3-4,9-10H2,1-2H3,(H,15,17,19). The Balaban J connectivity index is 2.03. The molecule has 1 unspecified atom stereocenters. The first-order valence-corrected chi connectivity index (χ1v) is 7.16. The van der Waals surface area contributed by atoms with Crippen molar-refractivity contribution in [1.29, 1.82) is 0 Å². The Kier molecular flexibility index (Phi) is 4.99. The summed E-state index contributed by atoms with van der Waals surface area (Å²) in [6.07, 6.45) is 8.11. The summed E-state index contributed by atoms with van der Waals surface area (Å²) in [6, 6.07) is 0. The van der Waals surface area contributed by atoms with Gasteiger partial charge in [-0.3, -0.25) is 4.99 Å². The molecule has 0 aromatic rings. The summed E-state index contributed by atoms with van der Waals surface area (Å²) in [7, 11) is 0. The van der Waals surface area contributed by atoms with Gasteiger partial charge in [0.25, 0.3) is 0 Å². The molecule has 1 aliphatic heterocycles. The van der Waals surface area contributed by atoms with Gasteiger partial charge in [-0.2, -0.15) is 0 Å². The number of fused-ring (bicyclic) bond motifs is 1. The lowest BCUT2D eigenvalue weighted by atomic mass is 9.96. The number of aliphatic imine (C=N–C) groups is 2. The number of nitrogens with zero attached hydrogens (tertiary/aromatic N) is 3. The fraction of sp³-hybridized carbons (Fsp3) is 0.500. The summed E-state index contributed by atoms with van der Waals surface area (Å²) in [5.41, 5.74) is 0.979. The number of nitrogens with one attached hydrogen (secondary N) is 1. The monoisotopic (exact) mass is 276 g/mol. The Morgan fingerprint density at radius 2 is 2.16 bits per heavy atom. The molecule has 0 fully saturated rings. The normalized spacial score (nSPS) is 23.5. The van der Waals surface area contributed by atoms with E-state index < -0.39 is 0 Å². The van der Waals surface area contributed by atoms with Crippen molar-refractivity contribution >= 4 is 28.9 Å². The number of hydrogen-bond acceptors (Lipinski definition) is 3. The molecule has 0 aromatic heterocycles. The first-order chi connectivity index (χ1) is 9.24. The summed E-state index contributed by atoms with van der Waals surface area (Å²) in [4.78, 5) is 11.4. The molecule has 0 saturated heterocycles. The summed E-state index contributed by atoms with van der Waals surface area (Å²) < 4.78 is 0. The average molecular weight is 276 g/mol. The lowest BCUT2D eigenvalue weighted by Gasteiger charge is -2.24. The van der Waals surface area contributed by atoms with E-state index in [2.05, 4.69) is 40.1 Å². The van der Waals surface area contributed by atoms with Crippen LogP contribution in [0.2, 0.25) is 0 Å². The van der Waals surface area contributed by atoms with Crippen LogP contribution in [0.25, 0.3) is 0 Å². The third-order valence-electron chi connectivity index (χ3n) is 3.35. The molecule has 0 aromatic carbocycles. The van der Waals surface area contributed by atoms with Crippen LogP contribution in [-0.4, -0.2) is 47.7 Å². The largest absolute Gasteiger partial charge is 0.319 e. The second kappa shape index (κ2) is 6.73. The highest BCUT2D eigenvalue weighted by molar-refractivity contribution is 7.80. The lowest BCUT2D eigenvalue weighted by molar-refractivity contribution is 0.313. The van der Waals surface area contributed by atoms with Crippen LogP contribution in [0.5, 0.6) is 0 Å². The van der Waals surface area contributed by atoms with E-state index in [0.29, 0.717) is 5.11 Å². The number of allylic oxidation sites excluding steroid dienone is 3. The van der Waals surface area contributed by atoms with Gasteiger partial charge in [-0.15, -0.1) is 0 Å². The van der Waals surface area contributed by atoms with Crippen molar-refractivity contribution in [2.45, 2.75) is 13.8 Å². The number of thiocarbonyl (C=S) groups is 1. The Hall–Kier alpha value is -1.33. The van der Waals surface area contributed by atoms with Gasteiger partial charge in [0.05, 0.1) is 18.2 Å². The summed E-state index contributed by atoms with van der Waals surface area (Å²) >= 11 is 5.15. The maximum Gasteiger partial charge on any atom is 0.198 e. The smallest absolute Gasteiger partial charge is 0.198 e. The van der Waals surface area contributed by atoms with E-state index in [4.69, 9.17) is 12.2 Å². The van der Waals surface area contributed by atoms with Gasteiger partial charge < -0.3 is 10.2 Å². The van der Waals surface area contributed by atoms with E-state index in [1.54, 1.807) is 0 Å². The highest BCUT2D eigenvalue weighted by Crippen LogP contribution is 2.15. The zero-order chi connectivity index (χ0) is 13.7. The predicted octanol–water partition coefficient (Wildman–Crippen LogP) is 1.80. The van der Waals surface area contributed by atoms with Gasteiger partial charge in [-0.1, -0.05) is 32.1 Å². The minimum absolute atomic E-state index is 0.133. The first-order valence-electron chi connectivity index (χ1n) is 6.75. The molecule has 1 aliphatic carbocycles. The van der Waals surface area contributed by atoms with Crippen LogP contribution in [0.1, 0.15) is 13.8 Å². The fourth-order valence-corrected chi connectivity index (χ4v) is 2.40. The molecule has 2 rings (SSSR count). The molecular weight excluding hydrogens is 256 g/mol. The molecule has 1 heterocycles. The third kappa shape index (κ3) is 3.58. The van der Waals surface area contributed by atoms with Gasteiger partial charge in [-0.05, 0) is 31.4 Å². The summed E-state index contributed by atoms with van der Waals surface area (Å²) in [6.45, 7) is 8.23. The van der Waals surface area contributed by atoms with E-state index in [0.717, 1.165) is 37.7 Å². The summed E-state index contributed by atoms with van der Waals surface area (Å²) in [5, 5.41) is 3.62. The first kappa shape index (κ1) is 14.1. The molecule has 4 nitrogen and oxygen atoms in total. The molecule has 0 spiro atoms. The molecule has 1 atom stereocenters. The molecule has 0 amide bonds. The maximum absolute atomic E-state index is 5.15. The van der Waals surface area contributed by atoms with Crippen LogP contribution in [0.3, 0.4) is 0 Å². The highest BCUT2D eigenvalue weighted by Gasteiger charge is 2.24. The topological polar surface area (TPSA) is 40.0 Å². The zero-order valence-corrected chi connectivity index (χ0v) is 12.3. The van der Waals surface area contributed by atoms with E-state index in [1.807, 2.05) is 18.2 Å². The van der Waals surface area contributed by atoms with Crippen molar-refractivity contribution < 1.29 is 0 Å². The molecule has 102 valence electrons. The highest BCUT2D eigenvalue weighted by atomic mass is 32.1. The zero-order valence-electron chi connectivity index (χ0n) is 11.5. The second-order valence-corrected chi connectivity index (χ2v) is 4.87. The van der Waals surface area contributed by atoms with Gasteiger partial charge >= 0.3 is 0 Å². The molecule has 0 bridgehead atoms. The Labute approximate surface area is 120 Å². The van der Waals surface area contributed by atoms with Crippen LogP contribution in [-0.2, 0) is 0 Å². The fourth-order valence-electron chi connectivity index (χ4n) is 2.19. The molecule has 5 heteroatoms. The molecule has 0 radical (unpaired) electrons. The van der Waals surface area contributed by atoms with Gasteiger partial charge in [0.15, 0.2) is 5.11 Å². The Morgan fingerprint density at radius 1 is 1.37 bits per heavy atom. The van der Waals surface area contributed by atoms with Crippen molar-refractivity contribution in [2.24, 2.45) is 15.9 Å². The number of rotatable bonds is 5. The van der Waals surface area contributed by atoms with Gasteiger partial charge in [0.1, 0.15) is 5.84 Å². The molecular formula is C14H20N4S. The van der Waals surface area contributed by atoms with Gasteiger partial charge in [0, 0.05) is 6.54 Å². The van der Waals surface area contributed by atoms with Crippen molar-refractivity contribution in [3.05, 3.63) is 24.3 Å². The van der Waals surface area contributed by atoms with Gasteiger partial charge in [0.2, 0.25) is 0 Å². The SMILES string of the molecule is CCN(CC)CCN=C1NC(=S)N=C2C=CC=CC21. The number of hydrogen-bond donors (Lipinski definition) is 1. The second-order valence-electron chi connectivity index (χ2n) is 4.48. The van der Waals surface area contributed by atoms with Crippen molar-refractivity contribution in [3.8, 4) is 0 Å². The van der Waals surface area contributed by atoms with Gasteiger partial charge in [-0.25, -0.2) is 4.99 Å². The number of amidine groups is 1. The molecule has 19 heavy (non-hydrogen) atoms. The quantitative estimate of drug-likeness (QED) is 0.778. The van der Waals surface area contributed by atoms with Crippen molar-refractivity contribution in [1.82, 2.24) is 10.2 Å². The lowest BCUT2D eigenvalue weighted by Crippen LogP contribution is -2.42.